The Morgan fingerprint density at radius 2 is 1.84 bits per heavy atom. The molecule has 4 heterocycles. The van der Waals surface area contributed by atoms with Gasteiger partial charge in [0.15, 0.2) is 0 Å². The predicted octanol–water partition coefficient (Wildman–Crippen LogP) is 1.51. The molecule has 37 heavy (non-hydrogen) atoms. The Labute approximate surface area is 219 Å². The standard InChI is InChI=1S/C24H30ClN9O3/c1-16(22-27-21(29-37-22)17-4-6-18(25)7-5-17)31-9-11-32(12-10-31)23(35)24(36)33-8-2-3-20(15-33)34-14-19(13-26)28-30-34/h4-7,14,16,20H,2-3,8-13,15,26H2,1H3. The number of rotatable bonds is 5. The third-order valence-electron chi connectivity index (χ3n) is 7.06. The van der Waals surface area contributed by atoms with Crippen LogP contribution in [0.25, 0.3) is 11.4 Å². The fourth-order valence-corrected chi connectivity index (χ4v) is 4.93. The molecule has 2 amide bonds. The number of piperidine rings is 1. The van der Waals surface area contributed by atoms with Crippen molar-refractivity contribution in [3.8, 4) is 11.4 Å². The van der Waals surface area contributed by atoms with E-state index < -0.39 is 11.8 Å². The number of carbonyl (C=O) groups is 2. The summed E-state index contributed by atoms with van der Waals surface area (Å²) in [6.07, 6.45) is 3.48. The highest BCUT2D eigenvalue weighted by atomic mass is 35.5. The molecule has 12 nitrogen and oxygen atoms in total. The molecule has 2 aliphatic rings. The first kappa shape index (κ1) is 25.3. The Morgan fingerprint density at radius 1 is 1.11 bits per heavy atom. The minimum absolute atomic E-state index is 0.0110. The first-order valence-electron chi connectivity index (χ1n) is 12.5. The number of piperazine rings is 1. The molecule has 2 unspecified atom stereocenters. The molecule has 0 radical (unpaired) electrons. The van der Waals surface area contributed by atoms with Crippen LogP contribution in [0.2, 0.25) is 5.02 Å². The number of aromatic nitrogens is 5. The molecule has 2 fully saturated rings. The SMILES string of the molecule is CC(c1nc(-c2ccc(Cl)cc2)no1)N1CCN(C(=O)C(=O)N2CCCC(n3cc(CN)nn3)C2)CC1. The van der Waals surface area contributed by atoms with E-state index in [2.05, 4.69) is 25.4 Å². The van der Waals surface area contributed by atoms with E-state index in [1.54, 1.807) is 26.6 Å². The quantitative estimate of drug-likeness (QED) is 0.489. The largest absolute Gasteiger partial charge is 0.337 e. The maximum Gasteiger partial charge on any atom is 0.312 e. The summed E-state index contributed by atoms with van der Waals surface area (Å²) in [5.41, 5.74) is 7.16. The number of amides is 2. The van der Waals surface area contributed by atoms with Crippen LogP contribution in [0.1, 0.15) is 43.4 Å². The van der Waals surface area contributed by atoms with Crippen LogP contribution in [-0.2, 0) is 16.1 Å². The van der Waals surface area contributed by atoms with Crippen LogP contribution in [0, 0.1) is 0 Å². The number of nitrogens with zero attached hydrogens (tertiary/aromatic N) is 8. The van der Waals surface area contributed by atoms with E-state index in [0.717, 1.165) is 18.4 Å². The lowest BCUT2D eigenvalue weighted by Crippen LogP contribution is -2.54. The van der Waals surface area contributed by atoms with Gasteiger partial charge in [0, 0.05) is 56.4 Å². The fourth-order valence-electron chi connectivity index (χ4n) is 4.80. The molecule has 2 saturated heterocycles. The van der Waals surface area contributed by atoms with Gasteiger partial charge in [-0.05, 0) is 44.0 Å². The van der Waals surface area contributed by atoms with Gasteiger partial charge in [-0.1, -0.05) is 22.0 Å². The molecule has 3 aromatic rings. The lowest BCUT2D eigenvalue weighted by atomic mass is 10.1. The zero-order valence-corrected chi connectivity index (χ0v) is 21.4. The van der Waals surface area contributed by atoms with Gasteiger partial charge in [0.1, 0.15) is 0 Å². The Bertz CT molecular complexity index is 1240. The number of nitrogens with two attached hydrogens (primary N) is 1. The summed E-state index contributed by atoms with van der Waals surface area (Å²) in [5, 5.41) is 12.9. The van der Waals surface area contributed by atoms with Crippen LogP contribution in [0.4, 0.5) is 0 Å². The number of carbonyl (C=O) groups excluding carboxylic acids is 2. The molecule has 2 aliphatic heterocycles. The third-order valence-corrected chi connectivity index (χ3v) is 7.31. The second-order valence-corrected chi connectivity index (χ2v) is 9.84. The first-order valence-corrected chi connectivity index (χ1v) is 12.8. The highest BCUT2D eigenvalue weighted by molar-refractivity contribution is 6.35. The number of benzene rings is 1. The van der Waals surface area contributed by atoms with Crippen LogP contribution in [0.3, 0.4) is 0 Å². The molecule has 196 valence electrons. The first-order chi connectivity index (χ1) is 17.9. The fraction of sp³-hybridized carbons (Fsp3) is 0.500. The maximum absolute atomic E-state index is 13.0. The number of likely N-dealkylation sites (tertiary alicyclic amines) is 1. The molecule has 0 saturated carbocycles. The van der Waals surface area contributed by atoms with E-state index in [9.17, 15) is 9.59 Å². The van der Waals surface area contributed by atoms with Crippen molar-refractivity contribution in [2.24, 2.45) is 5.73 Å². The molecule has 1 aromatic carbocycles. The monoisotopic (exact) mass is 527 g/mol. The zero-order chi connectivity index (χ0) is 25.9. The van der Waals surface area contributed by atoms with Gasteiger partial charge in [0.25, 0.3) is 0 Å². The van der Waals surface area contributed by atoms with Crippen LogP contribution >= 0.6 is 11.6 Å². The summed E-state index contributed by atoms with van der Waals surface area (Å²) in [6.45, 7) is 5.40. The van der Waals surface area contributed by atoms with Gasteiger partial charge in [-0.25, -0.2) is 4.68 Å². The lowest BCUT2D eigenvalue weighted by molar-refractivity contribution is -0.154. The van der Waals surface area contributed by atoms with Gasteiger partial charge in [-0.2, -0.15) is 4.98 Å². The van der Waals surface area contributed by atoms with Gasteiger partial charge in [0.05, 0.1) is 24.0 Å². The van der Waals surface area contributed by atoms with Gasteiger partial charge < -0.3 is 20.1 Å². The Balaban J connectivity index is 1.15. The molecular formula is C24H30ClN9O3. The topological polar surface area (TPSA) is 140 Å². The van der Waals surface area contributed by atoms with Crippen molar-refractivity contribution in [2.75, 3.05) is 39.3 Å². The average Bonchev–Trinajstić information content (AvgIpc) is 3.63. The van der Waals surface area contributed by atoms with Crippen LogP contribution < -0.4 is 5.73 Å². The molecule has 5 rings (SSSR count). The van der Waals surface area contributed by atoms with Crippen molar-refractivity contribution in [3.63, 3.8) is 0 Å². The minimum Gasteiger partial charge on any atom is -0.337 e. The van der Waals surface area contributed by atoms with Gasteiger partial charge in [-0.15, -0.1) is 5.10 Å². The molecule has 2 N–H and O–H groups in total. The second-order valence-electron chi connectivity index (χ2n) is 9.41. The molecule has 0 aliphatic carbocycles. The summed E-state index contributed by atoms with van der Waals surface area (Å²) in [6, 6.07) is 7.12. The second kappa shape index (κ2) is 11.0. The van der Waals surface area contributed by atoms with E-state index in [1.165, 1.54) is 0 Å². The van der Waals surface area contributed by atoms with Crippen molar-refractivity contribution in [1.29, 1.82) is 0 Å². The number of hydrogen-bond acceptors (Lipinski definition) is 9. The van der Waals surface area contributed by atoms with E-state index in [0.29, 0.717) is 68.2 Å². The van der Waals surface area contributed by atoms with Gasteiger partial charge in [0.2, 0.25) is 11.7 Å². The van der Waals surface area contributed by atoms with E-state index in [1.807, 2.05) is 25.3 Å². The van der Waals surface area contributed by atoms with Crippen LogP contribution in [-0.4, -0.2) is 90.9 Å². The van der Waals surface area contributed by atoms with Crippen LogP contribution in [0.5, 0.6) is 0 Å². The van der Waals surface area contributed by atoms with Gasteiger partial charge >= 0.3 is 11.8 Å². The molecular weight excluding hydrogens is 498 g/mol. The Kier molecular flexibility index (Phi) is 7.49. The molecule has 2 aromatic heterocycles. The Hall–Kier alpha value is -3.35. The summed E-state index contributed by atoms with van der Waals surface area (Å²) in [7, 11) is 0. The smallest absolute Gasteiger partial charge is 0.312 e. The molecule has 2 atom stereocenters. The minimum atomic E-state index is -0.463. The normalized spacial score (nSPS) is 19.7. The van der Waals surface area contributed by atoms with Crippen molar-refractivity contribution in [2.45, 2.75) is 38.4 Å². The third kappa shape index (κ3) is 5.50. The maximum atomic E-state index is 13.0. The summed E-state index contributed by atoms with van der Waals surface area (Å²) in [5.74, 6) is 0.0841. The van der Waals surface area contributed by atoms with Crippen molar-refractivity contribution in [3.05, 3.63) is 47.1 Å². The van der Waals surface area contributed by atoms with E-state index in [-0.39, 0.29) is 12.1 Å². The lowest BCUT2D eigenvalue weighted by Gasteiger charge is -2.38. The number of hydrogen-bond donors (Lipinski definition) is 1. The molecule has 0 bridgehead atoms. The summed E-state index contributed by atoms with van der Waals surface area (Å²) >= 11 is 5.96. The predicted molar refractivity (Wildman–Crippen MR) is 134 cm³/mol. The van der Waals surface area contributed by atoms with Crippen molar-refractivity contribution < 1.29 is 14.1 Å². The van der Waals surface area contributed by atoms with E-state index >= 15 is 0 Å². The average molecular weight is 528 g/mol. The highest BCUT2D eigenvalue weighted by Crippen LogP contribution is 2.25. The molecule has 0 spiro atoms. The highest BCUT2D eigenvalue weighted by Gasteiger charge is 2.34. The van der Waals surface area contributed by atoms with E-state index in [4.69, 9.17) is 21.9 Å². The van der Waals surface area contributed by atoms with Crippen molar-refractivity contribution >= 4 is 23.4 Å². The van der Waals surface area contributed by atoms with Gasteiger partial charge in [-0.3, -0.25) is 14.5 Å². The zero-order valence-electron chi connectivity index (χ0n) is 20.7. The van der Waals surface area contributed by atoms with Crippen LogP contribution in [0.15, 0.2) is 35.0 Å². The summed E-state index contributed by atoms with van der Waals surface area (Å²) < 4.78 is 7.27. The van der Waals surface area contributed by atoms with Crippen molar-refractivity contribution in [1.82, 2.24) is 39.8 Å². The molecule has 13 heteroatoms. The number of halogens is 1. The summed E-state index contributed by atoms with van der Waals surface area (Å²) in [4.78, 5) is 36.1. The Morgan fingerprint density at radius 3 is 2.54 bits per heavy atom.